The molecular formula is C61H108O12. The second-order valence-corrected chi connectivity index (χ2v) is 20.6. The summed E-state index contributed by atoms with van der Waals surface area (Å²) in [5.41, 5.74) is 0. The van der Waals surface area contributed by atoms with Crippen molar-refractivity contribution >= 4 is 23.9 Å². The molecule has 424 valence electrons. The molecule has 12 heteroatoms. The minimum Gasteiger partial charge on any atom is -0.479 e. The van der Waals surface area contributed by atoms with Gasteiger partial charge in [-0.25, -0.2) is 4.79 Å². The highest BCUT2D eigenvalue weighted by atomic mass is 16.7. The second-order valence-electron chi connectivity index (χ2n) is 20.6. The largest absolute Gasteiger partial charge is 0.479 e. The van der Waals surface area contributed by atoms with Gasteiger partial charge < -0.3 is 39.0 Å². The first-order valence-electron chi connectivity index (χ1n) is 30.0. The topological polar surface area (TPSA) is 175 Å². The zero-order valence-electron chi connectivity index (χ0n) is 46.6. The van der Waals surface area contributed by atoms with Crippen LogP contribution in [0.25, 0.3) is 0 Å². The molecule has 1 aliphatic rings. The Morgan fingerprint density at radius 1 is 0.452 bits per heavy atom. The molecule has 1 saturated heterocycles. The number of aliphatic hydroxyl groups excluding tert-OH is 2. The van der Waals surface area contributed by atoms with Crippen LogP contribution in [0, 0.1) is 0 Å². The van der Waals surface area contributed by atoms with E-state index in [1.54, 1.807) is 0 Å². The van der Waals surface area contributed by atoms with Crippen LogP contribution in [0.3, 0.4) is 0 Å². The first-order valence-corrected chi connectivity index (χ1v) is 30.0. The van der Waals surface area contributed by atoms with E-state index in [4.69, 9.17) is 23.7 Å². The molecule has 0 amide bonds. The number of ether oxygens (including phenoxy) is 5. The Bertz CT molecular complexity index is 1410. The van der Waals surface area contributed by atoms with Crippen molar-refractivity contribution in [3.63, 3.8) is 0 Å². The Morgan fingerprint density at radius 2 is 0.849 bits per heavy atom. The number of hydrogen-bond donors (Lipinski definition) is 3. The minimum absolute atomic E-state index is 0.0573. The first-order chi connectivity index (χ1) is 35.6. The Balaban J connectivity index is 2.68. The van der Waals surface area contributed by atoms with E-state index >= 15 is 0 Å². The van der Waals surface area contributed by atoms with E-state index in [1.807, 2.05) is 0 Å². The number of rotatable bonds is 51. The van der Waals surface area contributed by atoms with Crippen LogP contribution >= 0.6 is 0 Å². The summed E-state index contributed by atoms with van der Waals surface area (Å²) < 4.78 is 28.4. The van der Waals surface area contributed by atoms with Gasteiger partial charge in [-0.1, -0.05) is 224 Å². The third kappa shape index (κ3) is 39.9. The van der Waals surface area contributed by atoms with Crippen molar-refractivity contribution < 1.29 is 58.2 Å². The molecule has 0 aliphatic carbocycles. The summed E-state index contributed by atoms with van der Waals surface area (Å²) >= 11 is 0. The van der Waals surface area contributed by atoms with Crippen LogP contribution in [0.2, 0.25) is 0 Å². The van der Waals surface area contributed by atoms with Crippen LogP contribution in [0.1, 0.15) is 278 Å². The average Bonchev–Trinajstić information content (AvgIpc) is 3.37. The van der Waals surface area contributed by atoms with Gasteiger partial charge in [0, 0.05) is 19.3 Å². The first kappa shape index (κ1) is 68.0. The molecule has 0 radical (unpaired) electrons. The predicted molar refractivity (Wildman–Crippen MR) is 294 cm³/mol. The van der Waals surface area contributed by atoms with Crippen molar-refractivity contribution in [2.75, 3.05) is 13.2 Å². The standard InChI is InChI=1S/C61H108O12/c1-4-7-10-13-16-19-22-25-26-27-28-31-34-37-40-43-46-49-55(64)72-59-57(66)56(65)58(60(67)68)73-61(59)70-51-52(71-54(63)48-45-42-39-36-33-30-24-21-18-15-12-9-6-3)50-69-53(62)47-44-41-38-35-32-29-23-20-17-14-11-8-5-2/h11,14,20,23,25-26,52,56-59,61,65-66H,4-10,12-13,15-19,21-22,24,27-51H2,1-3H3,(H,67,68)/b14-11-,23-20-,26-25-. The molecule has 1 fully saturated rings. The number of aliphatic hydroxyl groups is 2. The Labute approximate surface area is 444 Å². The second kappa shape index (κ2) is 49.8. The molecule has 12 nitrogen and oxygen atoms in total. The zero-order valence-corrected chi connectivity index (χ0v) is 46.6. The van der Waals surface area contributed by atoms with Crippen LogP contribution < -0.4 is 0 Å². The molecule has 0 spiro atoms. The molecule has 6 atom stereocenters. The summed E-state index contributed by atoms with van der Waals surface area (Å²) in [6, 6.07) is 0. The maximum atomic E-state index is 13.1. The summed E-state index contributed by atoms with van der Waals surface area (Å²) in [6.45, 7) is 5.93. The molecule has 6 unspecified atom stereocenters. The molecule has 3 N–H and O–H groups in total. The van der Waals surface area contributed by atoms with Crippen LogP contribution in [-0.4, -0.2) is 89.2 Å². The number of carbonyl (C=O) groups is 4. The van der Waals surface area contributed by atoms with E-state index in [1.165, 1.54) is 116 Å². The van der Waals surface area contributed by atoms with Crippen molar-refractivity contribution in [3.05, 3.63) is 36.5 Å². The maximum absolute atomic E-state index is 13.1. The number of carboxylic acid groups (broad SMARTS) is 1. The molecule has 1 heterocycles. The van der Waals surface area contributed by atoms with E-state index in [-0.39, 0.29) is 25.9 Å². The number of hydrogen-bond acceptors (Lipinski definition) is 11. The molecule has 0 aromatic rings. The molecule has 73 heavy (non-hydrogen) atoms. The Hall–Kier alpha value is -3.06. The van der Waals surface area contributed by atoms with E-state index < -0.39 is 67.3 Å². The van der Waals surface area contributed by atoms with Gasteiger partial charge in [0.25, 0.3) is 0 Å². The summed E-state index contributed by atoms with van der Waals surface area (Å²) in [4.78, 5) is 51.1. The minimum atomic E-state index is -1.90. The number of aliphatic carboxylic acids is 1. The number of esters is 3. The van der Waals surface area contributed by atoms with E-state index in [9.17, 15) is 34.5 Å². The van der Waals surface area contributed by atoms with Crippen LogP contribution in [0.4, 0.5) is 0 Å². The van der Waals surface area contributed by atoms with Crippen LogP contribution in [-0.2, 0) is 42.9 Å². The van der Waals surface area contributed by atoms with Gasteiger partial charge in [0.05, 0.1) is 6.61 Å². The Kier molecular flexibility index (Phi) is 46.4. The van der Waals surface area contributed by atoms with Crippen molar-refractivity contribution in [3.8, 4) is 0 Å². The lowest BCUT2D eigenvalue weighted by Crippen LogP contribution is -2.61. The maximum Gasteiger partial charge on any atom is 0.335 e. The van der Waals surface area contributed by atoms with Crippen LogP contribution in [0.15, 0.2) is 36.5 Å². The summed E-state index contributed by atoms with van der Waals surface area (Å²) in [5.74, 6) is -3.12. The molecule has 0 aromatic heterocycles. The van der Waals surface area contributed by atoms with Crippen LogP contribution in [0.5, 0.6) is 0 Å². The highest BCUT2D eigenvalue weighted by molar-refractivity contribution is 5.74. The molecule has 0 aromatic carbocycles. The highest BCUT2D eigenvalue weighted by Gasteiger charge is 2.50. The fraction of sp³-hybridized carbons (Fsp3) is 0.836. The van der Waals surface area contributed by atoms with E-state index in [2.05, 4.69) is 57.2 Å². The normalized spacial score (nSPS) is 18.5. The molecule has 0 bridgehead atoms. The van der Waals surface area contributed by atoms with E-state index in [0.717, 1.165) is 103 Å². The van der Waals surface area contributed by atoms with Gasteiger partial charge in [-0.2, -0.15) is 0 Å². The zero-order chi connectivity index (χ0) is 53.3. The van der Waals surface area contributed by atoms with Crippen molar-refractivity contribution in [1.29, 1.82) is 0 Å². The van der Waals surface area contributed by atoms with Gasteiger partial charge in [0.1, 0.15) is 18.8 Å². The quantitative estimate of drug-likeness (QED) is 0.0228. The van der Waals surface area contributed by atoms with Gasteiger partial charge in [-0.05, 0) is 70.6 Å². The lowest BCUT2D eigenvalue weighted by molar-refractivity contribution is -0.301. The number of allylic oxidation sites excluding steroid dienone is 6. The monoisotopic (exact) mass is 1030 g/mol. The fourth-order valence-electron chi connectivity index (χ4n) is 9.05. The SMILES string of the molecule is CCC/C=C\C/C=C\CCCCCCCC(=O)OCC(COC1OC(C(=O)O)C(O)C(O)C1OC(=O)CCCCCCCCC/C=C\CCCCCCCC)OC(=O)CCCCCCCCCCCCCCC. The molecular weight excluding hydrogens is 925 g/mol. The smallest absolute Gasteiger partial charge is 0.335 e. The lowest BCUT2D eigenvalue weighted by atomic mass is 9.98. The summed E-state index contributed by atoms with van der Waals surface area (Å²) in [6.07, 6.45) is 45.4. The van der Waals surface area contributed by atoms with Crippen molar-refractivity contribution in [2.45, 2.75) is 314 Å². The van der Waals surface area contributed by atoms with Crippen molar-refractivity contribution in [1.82, 2.24) is 0 Å². The van der Waals surface area contributed by atoms with E-state index in [0.29, 0.717) is 19.3 Å². The third-order valence-corrected chi connectivity index (χ3v) is 13.7. The lowest BCUT2D eigenvalue weighted by Gasteiger charge is -2.40. The Morgan fingerprint density at radius 3 is 1.30 bits per heavy atom. The van der Waals surface area contributed by atoms with Gasteiger partial charge in [0.15, 0.2) is 24.6 Å². The predicted octanol–water partition coefficient (Wildman–Crippen LogP) is 15.2. The molecule has 1 rings (SSSR count). The average molecular weight is 1030 g/mol. The van der Waals surface area contributed by atoms with Gasteiger partial charge >= 0.3 is 23.9 Å². The fourth-order valence-corrected chi connectivity index (χ4v) is 9.05. The van der Waals surface area contributed by atoms with Gasteiger partial charge in [-0.15, -0.1) is 0 Å². The molecule has 1 aliphatic heterocycles. The summed E-state index contributed by atoms with van der Waals surface area (Å²) in [7, 11) is 0. The molecule has 0 saturated carbocycles. The number of carboxylic acids is 1. The van der Waals surface area contributed by atoms with Crippen molar-refractivity contribution in [2.24, 2.45) is 0 Å². The number of unbranched alkanes of at least 4 members (excludes halogenated alkanes) is 31. The summed E-state index contributed by atoms with van der Waals surface area (Å²) in [5, 5.41) is 31.5. The highest BCUT2D eigenvalue weighted by Crippen LogP contribution is 2.26. The number of carbonyl (C=O) groups excluding carboxylic acids is 3. The van der Waals surface area contributed by atoms with Gasteiger partial charge in [-0.3, -0.25) is 14.4 Å². The van der Waals surface area contributed by atoms with Gasteiger partial charge in [0.2, 0.25) is 0 Å². The third-order valence-electron chi connectivity index (χ3n) is 13.7.